The molecule has 1 atom stereocenters. The average Bonchev–Trinajstić information content (AvgIpc) is 2.41. The summed E-state index contributed by atoms with van der Waals surface area (Å²) < 4.78 is 0. The van der Waals surface area contributed by atoms with Gasteiger partial charge in [0.2, 0.25) is 0 Å². The average molecular weight is 292 g/mol. The van der Waals surface area contributed by atoms with Crippen LogP contribution in [0.4, 0.5) is 5.69 Å². The molecule has 0 fully saturated rings. The lowest BCUT2D eigenvalue weighted by Crippen LogP contribution is -2.26. The molecular weight excluding hydrogens is 281 g/mol. The van der Waals surface area contributed by atoms with Gasteiger partial charge >= 0.3 is 0 Å². The van der Waals surface area contributed by atoms with Crippen LogP contribution >= 0.6 is 23.2 Å². The molecule has 1 unspecified atom stereocenters. The molecule has 96 valence electrons. The molecule has 3 N–H and O–H groups in total. The number of nitrogen functional groups attached to an aromatic ring is 1. The van der Waals surface area contributed by atoms with Crippen LogP contribution in [0.2, 0.25) is 10.0 Å². The van der Waals surface area contributed by atoms with Crippen molar-refractivity contribution in [2.24, 2.45) is 0 Å². The van der Waals surface area contributed by atoms with E-state index in [0.717, 1.165) is 0 Å². The molecule has 0 aliphatic carbocycles. The minimum absolute atomic E-state index is 0.343. The third-order valence-corrected chi connectivity index (χ3v) is 3.44. The number of hydrogen-bond acceptors (Lipinski definition) is 2. The van der Waals surface area contributed by atoms with E-state index in [1.807, 2.05) is 0 Å². The summed E-state index contributed by atoms with van der Waals surface area (Å²) in [6.07, 6.45) is 5.50. The minimum Gasteiger partial charge on any atom is -0.398 e. The molecule has 2 rings (SSSR count). The van der Waals surface area contributed by atoms with Crippen molar-refractivity contribution in [1.29, 1.82) is 0 Å². The van der Waals surface area contributed by atoms with Crippen LogP contribution in [0, 0.1) is 12.3 Å². The molecule has 2 aromatic rings. The van der Waals surface area contributed by atoms with Crippen LogP contribution in [0.5, 0.6) is 0 Å². The lowest BCUT2D eigenvalue weighted by Gasteiger charge is -2.25. The predicted molar refractivity (Wildman–Crippen MR) is 79.1 cm³/mol. The first-order valence-corrected chi connectivity index (χ1v) is 6.25. The summed E-state index contributed by atoms with van der Waals surface area (Å²) in [6.45, 7) is 0. The molecule has 0 heterocycles. The van der Waals surface area contributed by atoms with Crippen molar-refractivity contribution in [2.75, 3.05) is 5.73 Å². The zero-order valence-corrected chi connectivity index (χ0v) is 11.4. The molecule has 0 bridgehead atoms. The summed E-state index contributed by atoms with van der Waals surface area (Å²) in [5.74, 6) is 2.35. The van der Waals surface area contributed by atoms with Gasteiger partial charge < -0.3 is 10.8 Å². The Bertz CT molecular complexity index is 663. The maximum Gasteiger partial charge on any atom is 0.180 e. The summed E-state index contributed by atoms with van der Waals surface area (Å²) in [4.78, 5) is 0. The van der Waals surface area contributed by atoms with Crippen molar-refractivity contribution in [3.8, 4) is 12.3 Å². The Labute approximate surface area is 121 Å². The van der Waals surface area contributed by atoms with Gasteiger partial charge in [0.1, 0.15) is 0 Å². The van der Waals surface area contributed by atoms with Gasteiger partial charge in [0.25, 0.3) is 0 Å². The molecular formula is C15H11Cl2NO. The first-order valence-electron chi connectivity index (χ1n) is 5.49. The van der Waals surface area contributed by atoms with E-state index in [9.17, 15) is 5.11 Å². The second kappa shape index (κ2) is 5.14. The highest BCUT2D eigenvalue weighted by atomic mass is 35.5. The fourth-order valence-corrected chi connectivity index (χ4v) is 2.34. The smallest absolute Gasteiger partial charge is 0.180 e. The second-order valence-electron chi connectivity index (χ2n) is 4.07. The molecule has 2 aromatic carbocycles. The normalized spacial score (nSPS) is 13.6. The van der Waals surface area contributed by atoms with Crippen molar-refractivity contribution >= 4 is 28.9 Å². The first kappa shape index (κ1) is 13.8. The van der Waals surface area contributed by atoms with Gasteiger partial charge in [0.15, 0.2) is 5.60 Å². The van der Waals surface area contributed by atoms with E-state index < -0.39 is 5.60 Å². The third kappa shape index (κ3) is 2.41. The van der Waals surface area contributed by atoms with E-state index >= 15 is 0 Å². The first-order chi connectivity index (χ1) is 8.99. The molecule has 0 amide bonds. The summed E-state index contributed by atoms with van der Waals surface area (Å²) in [5, 5.41) is 11.6. The highest BCUT2D eigenvalue weighted by molar-refractivity contribution is 6.31. The van der Waals surface area contributed by atoms with Gasteiger partial charge in [-0.25, -0.2) is 0 Å². The summed E-state index contributed by atoms with van der Waals surface area (Å²) >= 11 is 12.0. The summed E-state index contributed by atoms with van der Waals surface area (Å²) in [7, 11) is 0. The molecule has 0 saturated carbocycles. The molecule has 0 spiro atoms. The van der Waals surface area contributed by atoms with E-state index in [1.54, 1.807) is 42.5 Å². The van der Waals surface area contributed by atoms with Crippen LogP contribution in [0.3, 0.4) is 0 Å². The fraction of sp³-hybridized carbons (Fsp3) is 0.0667. The third-order valence-electron chi connectivity index (χ3n) is 2.88. The number of nitrogens with two attached hydrogens (primary N) is 1. The number of benzene rings is 2. The second-order valence-corrected chi connectivity index (χ2v) is 4.91. The lowest BCUT2D eigenvalue weighted by molar-refractivity contribution is 0.146. The molecule has 19 heavy (non-hydrogen) atoms. The molecule has 2 nitrogen and oxygen atoms in total. The van der Waals surface area contributed by atoms with Gasteiger partial charge in [-0.05, 0) is 24.3 Å². The highest BCUT2D eigenvalue weighted by Crippen LogP contribution is 2.37. The van der Waals surface area contributed by atoms with Crippen LogP contribution in [0.15, 0.2) is 42.5 Å². The lowest BCUT2D eigenvalue weighted by atomic mass is 9.86. The molecule has 4 heteroatoms. The fourth-order valence-electron chi connectivity index (χ4n) is 1.90. The van der Waals surface area contributed by atoms with E-state index in [4.69, 9.17) is 35.4 Å². The Hall–Kier alpha value is -1.66. The van der Waals surface area contributed by atoms with Gasteiger partial charge in [-0.2, -0.15) is 0 Å². The van der Waals surface area contributed by atoms with Gasteiger partial charge in [-0.1, -0.05) is 47.3 Å². The number of terminal acetylenes is 1. The molecule has 0 aliphatic heterocycles. The Morgan fingerprint density at radius 1 is 1.11 bits per heavy atom. The SMILES string of the molecule is C#CC(O)(c1cc(Cl)ccc1N)c1ccccc1Cl. The van der Waals surface area contributed by atoms with E-state index in [-0.39, 0.29) is 0 Å². The number of rotatable bonds is 2. The number of halogens is 2. The maximum absolute atomic E-state index is 10.8. The molecule has 0 aromatic heterocycles. The van der Waals surface area contributed by atoms with Crippen LogP contribution < -0.4 is 5.73 Å². The van der Waals surface area contributed by atoms with Gasteiger partial charge in [0, 0.05) is 26.9 Å². The summed E-state index contributed by atoms with van der Waals surface area (Å²) in [6, 6.07) is 11.6. The standard InChI is InChI=1S/C15H11Cl2NO/c1-2-15(19,11-5-3-4-6-13(11)17)12-9-10(16)7-8-14(12)18/h1,3-9,19H,18H2. The minimum atomic E-state index is -1.71. The van der Waals surface area contributed by atoms with Crippen molar-refractivity contribution < 1.29 is 5.11 Å². The highest BCUT2D eigenvalue weighted by Gasteiger charge is 2.33. The maximum atomic E-state index is 10.8. The molecule has 0 aliphatic rings. The van der Waals surface area contributed by atoms with E-state index in [2.05, 4.69) is 5.92 Å². The van der Waals surface area contributed by atoms with E-state index in [1.165, 1.54) is 0 Å². The number of anilines is 1. The van der Waals surface area contributed by atoms with E-state index in [0.29, 0.717) is 26.9 Å². The Morgan fingerprint density at radius 3 is 2.42 bits per heavy atom. The quantitative estimate of drug-likeness (QED) is 0.658. The van der Waals surface area contributed by atoms with Crippen molar-refractivity contribution in [1.82, 2.24) is 0 Å². The summed E-state index contributed by atoms with van der Waals surface area (Å²) in [5.41, 5.74) is 5.26. The van der Waals surface area contributed by atoms with Crippen molar-refractivity contribution in [3.05, 3.63) is 63.6 Å². The van der Waals surface area contributed by atoms with Crippen LogP contribution in [0.1, 0.15) is 11.1 Å². The largest absolute Gasteiger partial charge is 0.398 e. The number of aliphatic hydroxyl groups is 1. The van der Waals surface area contributed by atoms with Crippen LogP contribution in [-0.4, -0.2) is 5.11 Å². The van der Waals surface area contributed by atoms with Gasteiger partial charge in [-0.15, -0.1) is 6.42 Å². The zero-order valence-electron chi connectivity index (χ0n) is 9.90. The zero-order chi connectivity index (χ0) is 14.0. The van der Waals surface area contributed by atoms with Gasteiger partial charge in [0.05, 0.1) is 0 Å². The Morgan fingerprint density at radius 2 is 1.79 bits per heavy atom. The monoisotopic (exact) mass is 291 g/mol. The van der Waals surface area contributed by atoms with Crippen LogP contribution in [0.25, 0.3) is 0 Å². The predicted octanol–water partition coefficient (Wildman–Crippen LogP) is 3.44. The van der Waals surface area contributed by atoms with Crippen LogP contribution in [-0.2, 0) is 5.60 Å². The Balaban J connectivity index is 2.71. The molecule has 0 radical (unpaired) electrons. The molecule has 0 saturated heterocycles. The van der Waals surface area contributed by atoms with Crippen molar-refractivity contribution in [3.63, 3.8) is 0 Å². The topological polar surface area (TPSA) is 46.2 Å². The Kier molecular flexibility index (Phi) is 3.73. The number of hydrogen-bond donors (Lipinski definition) is 2. The van der Waals surface area contributed by atoms with Crippen molar-refractivity contribution in [2.45, 2.75) is 5.60 Å². The van der Waals surface area contributed by atoms with Gasteiger partial charge in [-0.3, -0.25) is 0 Å².